The van der Waals surface area contributed by atoms with Gasteiger partial charge in [0.15, 0.2) is 0 Å². The number of ether oxygens (including phenoxy) is 1. The minimum Gasteiger partial charge on any atom is -0.444 e. The van der Waals surface area contributed by atoms with Crippen molar-refractivity contribution in [1.29, 1.82) is 0 Å². The second-order valence-corrected chi connectivity index (χ2v) is 6.81. The summed E-state index contributed by atoms with van der Waals surface area (Å²) in [6, 6.07) is 6.87. The number of nitrogens with zero attached hydrogens (tertiary/aromatic N) is 1. The Hall–Kier alpha value is -1.75. The SMILES string of the molecule is CC(C)(C)OC(=O)N[C@H]1CCN(Cc2ccc(Cl)cc2)C1=O. The fourth-order valence-corrected chi connectivity index (χ4v) is 2.42. The Morgan fingerprint density at radius 2 is 2.00 bits per heavy atom. The van der Waals surface area contributed by atoms with Crippen LogP contribution >= 0.6 is 11.6 Å². The number of halogens is 1. The van der Waals surface area contributed by atoms with E-state index in [0.717, 1.165) is 5.56 Å². The molecule has 0 aliphatic carbocycles. The molecule has 1 fully saturated rings. The van der Waals surface area contributed by atoms with Crippen molar-refractivity contribution in [2.75, 3.05) is 6.54 Å². The second-order valence-electron chi connectivity index (χ2n) is 6.37. The molecule has 0 radical (unpaired) electrons. The number of carbonyl (C=O) groups excluding carboxylic acids is 2. The Labute approximate surface area is 135 Å². The van der Waals surface area contributed by atoms with Crippen LogP contribution in [0.2, 0.25) is 5.02 Å². The zero-order valence-electron chi connectivity index (χ0n) is 13.1. The average Bonchev–Trinajstić information content (AvgIpc) is 2.72. The quantitative estimate of drug-likeness (QED) is 0.930. The van der Waals surface area contributed by atoms with Gasteiger partial charge >= 0.3 is 6.09 Å². The summed E-state index contributed by atoms with van der Waals surface area (Å²) < 4.78 is 5.18. The molecule has 0 bridgehead atoms. The fourth-order valence-electron chi connectivity index (χ4n) is 2.29. The van der Waals surface area contributed by atoms with Gasteiger partial charge in [0, 0.05) is 18.1 Å². The lowest BCUT2D eigenvalue weighted by Gasteiger charge is -2.21. The van der Waals surface area contributed by atoms with Crippen molar-refractivity contribution in [1.82, 2.24) is 10.2 Å². The van der Waals surface area contributed by atoms with Crippen LogP contribution in [0.3, 0.4) is 0 Å². The molecule has 0 aromatic heterocycles. The minimum atomic E-state index is -0.575. The smallest absolute Gasteiger partial charge is 0.408 e. The maximum Gasteiger partial charge on any atom is 0.408 e. The molecule has 0 unspecified atom stereocenters. The van der Waals surface area contributed by atoms with Crippen molar-refractivity contribution < 1.29 is 14.3 Å². The van der Waals surface area contributed by atoms with Gasteiger partial charge in [-0.15, -0.1) is 0 Å². The lowest BCUT2D eigenvalue weighted by atomic mass is 10.2. The third-order valence-electron chi connectivity index (χ3n) is 3.28. The van der Waals surface area contributed by atoms with Gasteiger partial charge in [-0.05, 0) is 44.9 Å². The number of carbonyl (C=O) groups is 2. The summed E-state index contributed by atoms with van der Waals surface area (Å²) in [7, 11) is 0. The first-order valence-electron chi connectivity index (χ1n) is 7.27. The summed E-state index contributed by atoms with van der Waals surface area (Å²) in [6.45, 7) is 6.49. The van der Waals surface area contributed by atoms with Gasteiger partial charge in [0.25, 0.3) is 0 Å². The third kappa shape index (κ3) is 4.63. The molecule has 1 atom stereocenters. The Morgan fingerprint density at radius 3 is 2.59 bits per heavy atom. The van der Waals surface area contributed by atoms with Gasteiger partial charge in [-0.25, -0.2) is 4.79 Å². The lowest BCUT2D eigenvalue weighted by Crippen LogP contribution is -2.43. The molecule has 1 N–H and O–H groups in total. The predicted molar refractivity (Wildman–Crippen MR) is 84.6 cm³/mol. The van der Waals surface area contributed by atoms with Crippen molar-refractivity contribution in [3.05, 3.63) is 34.9 Å². The number of nitrogens with one attached hydrogen (secondary N) is 1. The summed E-state index contributed by atoms with van der Waals surface area (Å²) in [4.78, 5) is 25.8. The third-order valence-corrected chi connectivity index (χ3v) is 3.53. The lowest BCUT2D eigenvalue weighted by molar-refractivity contribution is -0.129. The highest BCUT2D eigenvalue weighted by atomic mass is 35.5. The number of hydrogen-bond donors (Lipinski definition) is 1. The summed E-state index contributed by atoms with van der Waals surface area (Å²) in [6.07, 6.45) is 0.0327. The summed E-state index contributed by atoms with van der Waals surface area (Å²) >= 11 is 5.85. The number of likely N-dealkylation sites (tertiary alicyclic amines) is 1. The topological polar surface area (TPSA) is 58.6 Å². The van der Waals surface area contributed by atoms with Crippen molar-refractivity contribution >= 4 is 23.6 Å². The van der Waals surface area contributed by atoms with Gasteiger partial charge in [0.2, 0.25) is 5.91 Å². The molecule has 120 valence electrons. The first-order valence-corrected chi connectivity index (χ1v) is 7.65. The first kappa shape index (κ1) is 16.6. The van der Waals surface area contributed by atoms with E-state index in [9.17, 15) is 9.59 Å². The van der Waals surface area contributed by atoms with Crippen molar-refractivity contribution in [3.8, 4) is 0 Å². The van der Waals surface area contributed by atoms with Crippen LogP contribution in [0.4, 0.5) is 4.79 Å². The second kappa shape index (κ2) is 6.57. The van der Waals surface area contributed by atoms with E-state index in [1.54, 1.807) is 37.8 Å². The van der Waals surface area contributed by atoms with Gasteiger partial charge in [0.1, 0.15) is 11.6 Å². The van der Waals surface area contributed by atoms with E-state index in [4.69, 9.17) is 16.3 Å². The van der Waals surface area contributed by atoms with Crippen LogP contribution in [-0.2, 0) is 16.1 Å². The molecule has 1 aromatic rings. The average molecular weight is 325 g/mol. The number of alkyl carbamates (subject to hydrolysis) is 1. The summed E-state index contributed by atoms with van der Waals surface area (Å²) in [5.74, 6) is -0.0826. The Balaban J connectivity index is 1.89. The van der Waals surface area contributed by atoms with Crippen LogP contribution in [0.5, 0.6) is 0 Å². The molecule has 1 aliphatic rings. The van der Waals surface area contributed by atoms with Gasteiger partial charge in [-0.1, -0.05) is 23.7 Å². The molecule has 1 saturated heterocycles. The maximum atomic E-state index is 12.3. The largest absolute Gasteiger partial charge is 0.444 e. The molecule has 2 amide bonds. The molecule has 0 saturated carbocycles. The van der Waals surface area contributed by atoms with Crippen LogP contribution in [0.25, 0.3) is 0 Å². The minimum absolute atomic E-state index is 0.0826. The van der Waals surface area contributed by atoms with Gasteiger partial charge in [-0.3, -0.25) is 4.79 Å². The molecular formula is C16H21ClN2O3. The highest BCUT2D eigenvalue weighted by Gasteiger charge is 2.33. The van der Waals surface area contributed by atoms with Crippen LogP contribution < -0.4 is 5.32 Å². The molecule has 22 heavy (non-hydrogen) atoms. The van der Waals surface area contributed by atoms with E-state index in [1.807, 2.05) is 12.1 Å². The normalized spacial score (nSPS) is 18.5. The number of amides is 2. The summed E-state index contributed by atoms with van der Waals surface area (Å²) in [5, 5.41) is 3.30. The van der Waals surface area contributed by atoms with Crippen molar-refractivity contribution in [2.24, 2.45) is 0 Å². The fraction of sp³-hybridized carbons (Fsp3) is 0.500. The highest BCUT2D eigenvalue weighted by molar-refractivity contribution is 6.30. The van der Waals surface area contributed by atoms with Crippen LogP contribution in [0.15, 0.2) is 24.3 Å². The van der Waals surface area contributed by atoms with Crippen LogP contribution in [0, 0.1) is 0 Å². The maximum absolute atomic E-state index is 12.3. The number of hydrogen-bond acceptors (Lipinski definition) is 3. The zero-order valence-corrected chi connectivity index (χ0v) is 13.8. The molecule has 0 spiro atoms. The van der Waals surface area contributed by atoms with E-state index in [2.05, 4.69) is 5.32 Å². The Morgan fingerprint density at radius 1 is 1.36 bits per heavy atom. The van der Waals surface area contributed by atoms with Gasteiger partial charge < -0.3 is 15.0 Å². The Kier molecular flexibility index (Phi) is 4.96. The van der Waals surface area contributed by atoms with Crippen LogP contribution in [-0.4, -0.2) is 35.1 Å². The van der Waals surface area contributed by atoms with Crippen LogP contribution in [0.1, 0.15) is 32.8 Å². The molecule has 2 rings (SSSR count). The number of rotatable bonds is 3. The summed E-state index contributed by atoms with van der Waals surface area (Å²) in [5.41, 5.74) is 0.435. The van der Waals surface area contributed by atoms with E-state index in [1.165, 1.54) is 0 Å². The van der Waals surface area contributed by atoms with Crippen molar-refractivity contribution in [2.45, 2.75) is 45.4 Å². The predicted octanol–water partition coefficient (Wildman–Crippen LogP) is 2.97. The first-order chi connectivity index (χ1) is 10.2. The highest BCUT2D eigenvalue weighted by Crippen LogP contribution is 2.17. The van der Waals surface area contributed by atoms with Gasteiger partial charge in [-0.2, -0.15) is 0 Å². The molecule has 5 nitrogen and oxygen atoms in total. The van der Waals surface area contributed by atoms with E-state index < -0.39 is 17.7 Å². The monoisotopic (exact) mass is 324 g/mol. The molecular weight excluding hydrogens is 304 g/mol. The standard InChI is InChI=1S/C16H21ClN2O3/c1-16(2,3)22-15(21)18-13-8-9-19(14(13)20)10-11-4-6-12(17)7-5-11/h4-7,13H,8-10H2,1-3H3,(H,18,21)/t13-/m0/s1. The molecule has 1 heterocycles. The Bertz CT molecular complexity index is 552. The van der Waals surface area contributed by atoms with Gasteiger partial charge in [0.05, 0.1) is 0 Å². The zero-order chi connectivity index (χ0) is 16.3. The molecule has 1 aromatic carbocycles. The molecule has 1 aliphatic heterocycles. The van der Waals surface area contributed by atoms with E-state index >= 15 is 0 Å². The van der Waals surface area contributed by atoms with Crippen molar-refractivity contribution in [3.63, 3.8) is 0 Å². The number of benzene rings is 1. The van der Waals surface area contributed by atoms with E-state index in [-0.39, 0.29) is 5.91 Å². The van der Waals surface area contributed by atoms with E-state index in [0.29, 0.717) is 24.5 Å². The molecule has 6 heteroatoms.